The van der Waals surface area contributed by atoms with Gasteiger partial charge < -0.3 is 4.74 Å². The topological polar surface area (TPSA) is 22.1 Å². The Morgan fingerprint density at radius 3 is 2.38 bits per heavy atom. The number of ether oxygens (including phenoxy) is 1. The summed E-state index contributed by atoms with van der Waals surface area (Å²) in [4.78, 5) is 4.83. The Kier molecular flexibility index (Phi) is 3.62. The Labute approximate surface area is 139 Å². The number of hydrogen-bond acceptors (Lipinski definition) is 2. The Hall–Kier alpha value is -2.94. The summed E-state index contributed by atoms with van der Waals surface area (Å²) in [6, 6.07) is 20.6. The highest BCUT2D eigenvalue weighted by Crippen LogP contribution is 2.33. The molecule has 0 N–H and O–H groups in total. The van der Waals surface area contributed by atoms with Crippen molar-refractivity contribution in [3.63, 3.8) is 0 Å². The average Bonchev–Trinajstić information content (AvgIpc) is 2.62. The van der Waals surface area contributed by atoms with Gasteiger partial charge in [0.25, 0.3) is 0 Å². The second kappa shape index (κ2) is 5.93. The van der Waals surface area contributed by atoms with E-state index in [1.165, 1.54) is 12.1 Å². The van der Waals surface area contributed by atoms with Gasteiger partial charge in [-0.2, -0.15) is 0 Å². The second-order valence-electron chi connectivity index (χ2n) is 5.62. The Bertz CT molecular complexity index is 1030. The van der Waals surface area contributed by atoms with Gasteiger partial charge in [0.05, 0.1) is 17.8 Å². The fourth-order valence-electron chi connectivity index (χ4n) is 3.02. The van der Waals surface area contributed by atoms with Crippen LogP contribution in [0.2, 0.25) is 0 Å². The van der Waals surface area contributed by atoms with Crippen LogP contribution in [0.25, 0.3) is 32.9 Å². The van der Waals surface area contributed by atoms with Gasteiger partial charge in [-0.05, 0) is 54.8 Å². The average molecular weight is 317 g/mol. The summed E-state index contributed by atoms with van der Waals surface area (Å²) in [6.07, 6.45) is 0. The highest BCUT2D eigenvalue weighted by atomic mass is 19.1. The molecule has 1 heterocycles. The first-order chi connectivity index (χ1) is 11.8. The van der Waals surface area contributed by atoms with E-state index in [4.69, 9.17) is 9.72 Å². The minimum atomic E-state index is -0.245. The molecule has 118 valence electrons. The molecule has 0 saturated heterocycles. The van der Waals surface area contributed by atoms with Crippen LogP contribution in [0.1, 0.15) is 6.92 Å². The molecule has 0 bridgehead atoms. The van der Waals surface area contributed by atoms with Crippen LogP contribution in [-0.4, -0.2) is 11.6 Å². The number of hydrogen-bond donors (Lipinski definition) is 0. The molecule has 4 rings (SSSR count). The lowest BCUT2D eigenvalue weighted by atomic mass is 10.00. The largest absolute Gasteiger partial charge is 0.494 e. The van der Waals surface area contributed by atoms with Gasteiger partial charge in [-0.25, -0.2) is 9.37 Å². The molecule has 3 heteroatoms. The minimum Gasteiger partial charge on any atom is -0.494 e. The van der Waals surface area contributed by atoms with Crippen molar-refractivity contribution in [2.24, 2.45) is 0 Å². The van der Waals surface area contributed by atoms with Crippen LogP contribution in [0.5, 0.6) is 5.75 Å². The van der Waals surface area contributed by atoms with Crippen molar-refractivity contribution in [1.82, 2.24) is 4.98 Å². The third-order valence-electron chi connectivity index (χ3n) is 4.10. The van der Waals surface area contributed by atoms with E-state index in [1.54, 1.807) is 12.1 Å². The monoisotopic (exact) mass is 317 g/mol. The van der Waals surface area contributed by atoms with Crippen molar-refractivity contribution in [3.05, 3.63) is 72.5 Å². The molecule has 2 nitrogen and oxygen atoms in total. The molecular weight excluding hydrogens is 301 g/mol. The van der Waals surface area contributed by atoms with Crippen molar-refractivity contribution in [2.45, 2.75) is 6.92 Å². The van der Waals surface area contributed by atoms with Crippen molar-refractivity contribution in [3.8, 4) is 17.0 Å². The molecule has 0 amide bonds. The third kappa shape index (κ3) is 2.48. The van der Waals surface area contributed by atoms with Crippen LogP contribution in [0.15, 0.2) is 66.7 Å². The fourth-order valence-corrected chi connectivity index (χ4v) is 3.02. The zero-order valence-corrected chi connectivity index (χ0v) is 13.3. The number of fused-ring (bicyclic) bond motifs is 3. The van der Waals surface area contributed by atoms with Crippen LogP contribution in [-0.2, 0) is 0 Å². The molecule has 0 spiro atoms. The summed E-state index contributed by atoms with van der Waals surface area (Å²) in [5, 5.41) is 3.22. The standard InChI is InChI=1S/C21H16FNO/c1-2-24-16-11-12-20-19(13-16)17-5-3-4-6-18(17)21(23-20)14-7-9-15(22)10-8-14/h3-13H,2H2,1H3. The van der Waals surface area contributed by atoms with E-state index in [-0.39, 0.29) is 5.82 Å². The van der Waals surface area contributed by atoms with Gasteiger partial charge in [0.2, 0.25) is 0 Å². The molecule has 0 unspecified atom stereocenters. The molecule has 0 saturated carbocycles. The molecule has 3 aromatic carbocycles. The van der Waals surface area contributed by atoms with E-state index >= 15 is 0 Å². The van der Waals surface area contributed by atoms with Gasteiger partial charge in [-0.1, -0.05) is 24.3 Å². The molecule has 0 atom stereocenters. The maximum atomic E-state index is 13.3. The number of pyridine rings is 1. The molecule has 0 aliphatic heterocycles. The van der Waals surface area contributed by atoms with Crippen LogP contribution < -0.4 is 4.74 Å². The predicted molar refractivity (Wildman–Crippen MR) is 95.8 cm³/mol. The Morgan fingerprint density at radius 2 is 1.62 bits per heavy atom. The second-order valence-corrected chi connectivity index (χ2v) is 5.62. The lowest BCUT2D eigenvalue weighted by molar-refractivity contribution is 0.341. The van der Waals surface area contributed by atoms with E-state index < -0.39 is 0 Å². The van der Waals surface area contributed by atoms with Gasteiger partial charge in [-0.15, -0.1) is 0 Å². The number of aromatic nitrogens is 1. The number of nitrogens with zero attached hydrogens (tertiary/aromatic N) is 1. The molecule has 0 aliphatic carbocycles. The molecule has 24 heavy (non-hydrogen) atoms. The van der Waals surface area contributed by atoms with E-state index in [0.717, 1.165) is 38.7 Å². The lowest BCUT2D eigenvalue weighted by Crippen LogP contribution is -1.93. The molecule has 0 fully saturated rings. The maximum Gasteiger partial charge on any atom is 0.123 e. The first-order valence-corrected chi connectivity index (χ1v) is 7.97. The first kappa shape index (κ1) is 14.6. The number of rotatable bonds is 3. The highest BCUT2D eigenvalue weighted by Gasteiger charge is 2.11. The summed E-state index contributed by atoms with van der Waals surface area (Å²) < 4.78 is 18.9. The van der Waals surface area contributed by atoms with Crippen molar-refractivity contribution in [2.75, 3.05) is 6.61 Å². The van der Waals surface area contributed by atoms with Gasteiger partial charge >= 0.3 is 0 Å². The molecule has 1 aromatic heterocycles. The summed E-state index contributed by atoms with van der Waals surface area (Å²) in [5.41, 5.74) is 2.67. The number of benzene rings is 3. The predicted octanol–water partition coefficient (Wildman–Crippen LogP) is 5.59. The highest BCUT2D eigenvalue weighted by molar-refractivity contribution is 6.11. The van der Waals surface area contributed by atoms with Crippen LogP contribution >= 0.6 is 0 Å². The summed E-state index contributed by atoms with van der Waals surface area (Å²) in [5.74, 6) is 0.594. The van der Waals surface area contributed by atoms with E-state index in [2.05, 4.69) is 6.07 Å². The summed E-state index contributed by atoms with van der Waals surface area (Å²) in [6.45, 7) is 2.60. The SMILES string of the molecule is CCOc1ccc2nc(-c3ccc(F)cc3)c3ccccc3c2c1. The minimum absolute atomic E-state index is 0.245. The van der Waals surface area contributed by atoms with Crippen molar-refractivity contribution in [1.29, 1.82) is 0 Å². The fraction of sp³-hybridized carbons (Fsp3) is 0.0952. The Morgan fingerprint density at radius 1 is 0.875 bits per heavy atom. The normalized spacial score (nSPS) is 11.1. The molecule has 0 aliphatic rings. The molecule has 0 radical (unpaired) electrons. The maximum absolute atomic E-state index is 13.3. The van der Waals surface area contributed by atoms with Crippen molar-refractivity contribution < 1.29 is 9.13 Å². The molecule has 4 aromatic rings. The summed E-state index contributed by atoms with van der Waals surface area (Å²) in [7, 11) is 0. The lowest BCUT2D eigenvalue weighted by Gasteiger charge is -2.11. The van der Waals surface area contributed by atoms with E-state index in [9.17, 15) is 4.39 Å². The Balaban J connectivity index is 2.03. The van der Waals surface area contributed by atoms with Crippen LogP contribution in [0.4, 0.5) is 4.39 Å². The first-order valence-electron chi connectivity index (χ1n) is 7.97. The smallest absolute Gasteiger partial charge is 0.123 e. The van der Waals surface area contributed by atoms with Gasteiger partial charge in [0.1, 0.15) is 11.6 Å². The number of halogens is 1. The van der Waals surface area contributed by atoms with Crippen LogP contribution in [0.3, 0.4) is 0 Å². The third-order valence-corrected chi connectivity index (χ3v) is 4.10. The summed E-state index contributed by atoms with van der Waals surface area (Å²) >= 11 is 0. The van der Waals surface area contributed by atoms with Crippen molar-refractivity contribution >= 4 is 21.7 Å². The van der Waals surface area contributed by atoms with Gasteiger partial charge in [0.15, 0.2) is 0 Å². The van der Waals surface area contributed by atoms with Gasteiger partial charge in [0, 0.05) is 16.3 Å². The van der Waals surface area contributed by atoms with Crippen LogP contribution in [0, 0.1) is 5.82 Å². The van der Waals surface area contributed by atoms with E-state index in [0.29, 0.717) is 6.61 Å². The molecular formula is C21H16FNO. The zero-order chi connectivity index (χ0) is 16.5. The zero-order valence-electron chi connectivity index (χ0n) is 13.3. The quantitative estimate of drug-likeness (QED) is 0.459. The van der Waals surface area contributed by atoms with E-state index in [1.807, 2.05) is 43.3 Å². The van der Waals surface area contributed by atoms with Gasteiger partial charge in [-0.3, -0.25) is 0 Å².